The molecule has 0 aliphatic heterocycles. The third-order valence-corrected chi connectivity index (χ3v) is 4.36. The molecule has 5 nitrogen and oxygen atoms in total. The van der Waals surface area contributed by atoms with Gasteiger partial charge in [-0.25, -0.2) is 0 Å². The van der Waals surface area contributed by atoms with Gasteiger partial charge in [0.05, 0.1) is 12.1 Å². The lowest BCUT2D eigenvalue weighted by molar-refractivity contribution is -0.119. The lowest BCUT2D eigenvalue weighted by Gasteiger charge is -2.18. The second-order valence-corrected chi connectivity index (χ2v) is 6.17. The van der Waals surface area contributed by atoms with Crippen LogP contribution in [-0.4, -0.2) is 25.7 Å². The Labute approximate surface area is 136 Å². The first kappa shape index (κ1) is 16.9. The molecule has 3 N–H and O–H groups in total. The predicted molar refractivity (Wildman–Crippen MR) is 86.3 cm³/mol. The lowest BCUT2D eigenvalue weighted by atomic mass is 10.1. The summed E-state index contributed by atoms with van der Waals surface area (Å²) in [6.07, 6.45) is 3.77. The van der Waals surface area contributed by atoms with Crippen LogP contribution >= 0.6 is 11.6 Å². The van der Waals surface area contributed by atoms with Crippen molar-refractivity contribution in [3.05, 3.63) is 22.7 Å². The van der Waals surface area contributed by atoms with Crippen molar-refractivity contribution in [1.29, 1.82) is 0 Å². The molecule has 6 heteroatoms. The van der Waals surface area contributed by atoms with Gasteiger partial charge < -0.3 is 20.5 Å². The first-order valence-corrected chi connectivity index (χ1v) is 7.90. The summed E-state index contributed by atoms with van der Waals surface area (Å²) in [5.41, 5.74) is 6.11. The van der Waals surface area contributed by atoms with E-state index in [1.807, 2.05) is 12.1 Å². The van der Waals surface area contributed by atoms with Crippen LogP contribution in [0.5, 0.6) is 11.5 Å². The number of carbonyl (C=O) groups excluding carboxylic acids is 1. The Balaban J connectivity index is 2.06. The Morgan fingerprint density at radius 3 is 2.82 bits per heavy atom. The van der Waals surface area contributed by atoms with Crippen molar-refractivity contribution in [2.45, 2.75) is 38.8 Å². The number of halogens is 1. The zero-order valence-electron chi connectivity index (χ0n) is 13.0. The van der Waals surface area contributed by atoms with Crippen LogP contribution in [0.3, 0.4) is 0 Å². The number of amides is 1. The highest BCUT2D eigenvalue weighted by atomic mass is 35.5. The largest absolute Gasteiger partial charge is 0.493 e. The fraction of sp³-hybridized carbons (Fsp3) is 0.562. The molecule has 1 aliphatic carbocycles. The van der Waals surface area contributed by atoms with E-state index in [2.05, 4.69) is 12.2 Å². The molecule has 1 amide bonds. The van der Waals surface area contributed by atoms with Gasteiger partial charge in [-0.15, -0.1) is 0 Å². The molecular weight excluding hydrogens is 304 g/mol. The zero-order chi connectivity index (χ0) is 16.1. The van der Waals surface area contributed by atoms with Gasteiger partial charge in [-0.2, -0.15) is 0 Å². The first-order chi connectivity index (χ1) is 10.5. The fourth-order valence-corrected chi connectivity index (χ4v) is 3.14. The maximum Gasteiger partial charge on any atom is 0.255 e. The number of methoxy groups -OCH3 is 1. The number of nitrogens with two attached hydrogens (primary N) is 1. The van der Waals surface area contributed by atoms with E-state index in [0.717, 1.165) is 12.1 Å². The molecule has 1 aromatic rings. The van der Waals surface area contributed by atoms with Crippen LogP contribution in [0.4, 0.5) is 0 Å². The first-order valence-electron chi connectivity index (χ1n) is 7.52. The van der Waals surface area contributed by atoms with E-state index in [4.69, 9.17) is 26.8 Å². The molecule has 1 fully saturated rings. The van der Waals surface area contributed by atoms with Gasteiger partial charge in [0, 0.05) is 12.6 Å². The molecule has 22 heavy (non-hydrogen) atoms. The Kier molecular flexibility index (Phi) is 5.91. The number of hydrogen-bond donors (Lipinski definition) is 2. The molecule has 0 saturated heterocycles. The van der Waals surface area contributed by atoms with Crippen LogP contribution in [0.1, 0.15) is 31.7 Å². The third-order valence-electron chi connectivity index (χ3n) is 4.08. The van der Waals surface area contributed by atoms with Gasteiger partial charge in [0.1, 0.15) is 0 Å². The Bertz CT molecular complexity index is 536. The molecule has 2 rings (SSSR count). The summed E-state index contributed by atoms with van der Waals surface area (Å²) in [6, 6.07) is 4.25. The number of nitrogens with one attached hydrogen (secondary N) is 1. The lowest BCUT2D eigenvalue weighted by Crippen LogP contribution is -2.30. The monoisotopic (exact) mass is 326 g/mol. The summed E-state index contributed by atoms with van der Waals surface area (Å²) in [5.74, 6) is 1.00. The normalized spacial score (nSPS) is 20.9. The van der Waals surface area contributed by atoms with E-state index in [1.54, 1.807) is 7.11 Å². The molecule has 2 atom stereocenters. The van der Waals surface area contributed by atoms with Crippen molar-refractivity contribution in [3.8, 4) is 11.5 Å². The summed E-state index contributed by atoms with van der Waals surface area (Å²) < 4.78 is 10.6. The molecule has 122 valence electrons. The van der Waals surface area contributed by atoms with Gasteiger partial charge in [-0.05, 0) is 36.5 Å². The number of rotatable bonds is 7. The molecule has 0 heterocycles. The molecule has 0 bridgehead atoms. The summed E-state index contributed by atoms with van der Waals surface area (Å²) in [6.45, 7) is 2.77. The predicted octanol–water partition coefficient (Wildman–Crippen LogP) is 2.49. The fourth-order valence-electron chi connectivity index (χ4n) is 2.86. The molecular formula is C16H23ClN2O3. The van der Waals surface area contributed by atoms with E-state index < -0.39 is 5.91 Å². The number of carbonyl (C=O) groups is 1. The maximum atomic E-state index is 10.8. The van der Waals surface area contributed by atoms with Crippen molar-refractivity contribution < 1.29 is 14.3 Å². The molecule has 1 aromatic carbocycles. The van der Waals surface area contributed by atoms with Gasteiger partial charge in [-0.3, -0.25) is 4.79 Å². The van der Waals surface area contributed by atoms with Crippen molar-refractivity contribution >= 4 is 17.5 Å². The number of hydrogen-bond acceptors (Lipinski definition) is 4. The summed E-state index contributed by atoms with van der Waals surface area (Å²) in [5, 5.41) is 3.98. The standard InChI is InChI=1S/C16H23ClN2O3/c1-10-4-3-5-13(10)19-8-11-6-12(17)16(14(7-11)21-2)22-9-15(18)20/h6-7,10,13,19H,3-5,8-9H2,1-2H3,(H2,18,20). The summed E-state index contributed by atoms with van der Waals surface area (Å²) >= 11 is 6.24. The Morgan fingerprint density at radius 2 is 2.23 bits per heavy atom. The van der Waals surface area contributed by atoms with Gasteiger partial charge >= 0.3 is 0 Å². The van der Waals surface area contributed by atoms with Crippen LogP contribution in [0.25, 0.3) is 0 Å². The number of benzene rings is 1. The van der Waals surface area contributed by atoms with Gasteiger partial charge in [0.15, 0.2) is 18.1 Å². The van der Waals surface area contributed by atoms with Crippen LogP contribution in [0.15, 0.2) is 12.1 Å². The van der Waals surface area contributed by atoms with Crippen LogP contribution in [0.2, 0.25) is 5.02 Å². The van der Waals surface area contributed by atoms with Gasteiger partial charge in [0.2, 0.25) is 0 Å². The molecule has 0 aromatic heterocycles. The zero-order valence-corrected chi connectivity index (χ0v) is 13.8. The molecule has 2 unspecified atom stereocenters. The third kappa shape index (κ3) is 4.27. The number of primary amides is 1. The molecule has 1 saturated carbocycles. The van der Waals surface area contributed by atoms with E-state index in [1.165, 1.54) is 19.3 Å². The van der Waals surface area contributed by atoms with E-state index in [-0.39, 0.29) is 6.61 Å². The quantitative estimate of drug-likeness (QED) is 0.807. The van der Waals surface area contributed by atoms with Crippen molar-refractivity contribution in [2.24, 2.45) is 11.7 Å². The smallest absolute Gasteiger partial charge is 0.255 e. The van der Waals surface area contributed by atoms with Crippen molar-refractivity contribution in [3.63, 3.8) is 0 Å². The van der Waals surface area contributed by atoms with Gasteiger partial charge in [0.25, 0.3) is 5.91 Å². The van der Waals surface area contributed by atoms with Crippen molar-refractivity contribution in [2.75, 3.05) is 13.7 Å². The second-order valence-electron chi connectivity index (χ2n) is 5.76. The van der Waals surface area contributed by atoms with Crippen LogP contribution < -0.4 is 20.5 Å². The van der Waals surface area contributed by atoms with Crippen LogP contribution in [-0.2, 0) is 11.3 Å². The average molecular weight is 327 g/mol. The maximum absolute atomic E-state index is 10.8. The van der Waals surface area contributed by atoms with E-state index >= 15 is 0 Å². The minimum absolute atomic E-state index is 0.229. The van der Waals surface area contributed by atoms with Crippen molar-refractivity contribution in [1.82, 2.24) is 5.32 Å². The number of ether oxygens (including phenoxy) is 2. The molecule has 0 radical (unpaired) electrons. The van der Waals surface area contributed by atoms with Gasteiger partial charge in [-0.1, -0.05) is 24.9 Å². The summed E-state index contributed by atoms with van der Waals surface area (Å²) in [4.78, 5) is 10.8. The highest BCUT2D eigenvalue weighted by Crippen LogP contribution is 2.36. The van der Waals surface area contributed by atoms with E-state index in [9.17, 15) is 4.79 Å². The highest BCUT2D eigenvalue weighted by Gasteiger charge is 2.22. The SMILES string of the molecule is COc1cc(CNC2CCCC2C)cc(Cl)c1OCC(N)=O. The molecule has 1 aliphatic rings. The minimum atomic E-state index is -0.556. The van der Waals surface area contributed by atoms with E-state index in [0.29, 0.717) is 28.5 Å². The minimum Gasteiger partial charge on any atom is -0.493 e. The summed E-state index contributed by atoms with van der Waals surface area (Å²) in [7, 11) is 1.54. The second kappa shape index (κ2) is 7.70. The molecule has 0 spiro atoms. The highest BCUT2D eigenvalue weighted by molar-refractivity contribution is 6.32. The average Bonchev–Trinajstić information content (AvgIpc) is 2.88. The Hall–Kier alpha value is -1.46. The topological polar surface area (TPSA) is 73.6 Å². The Morgan fingerprint density at radius 1 is 1.45 bits per heavy atom. The van der Waals surface area contributed by atoms with Crippen LogP contribution in [0, 0.1) is 5.92 Å².